The van der Waals surface area contributed by atoms with Crippen molar-refractivity contribution in [3.63, 3.8) is 0 Å². The van der Waals surface area contributed by atoms with Crippen LogP contribution in [0, 0.1) is 0 Å². The van der Waals surface area contributed by atoms with Gasteiger partial charge in [-0.05, 0) is 19.3 Å². The minimum absolute atomic E-state index is 0.286. The molecule has 0 spiro atoms. The predicted octanol–water partition coefficient (Wildman–Crippen LogP) is 4.55. The van der Waals surface area contributed by atoms with Crippen molar-refractivity contribution in [2.75, 3.05) is 6.61 Å². The first-order valence-corrected chi connectivity index (χ1v) is 7.60. The fraction of sp³-hybridized carbons (Fsp3) is 0.812. The number of carboxylic acids is 1. The number of unbranched alkanes of at least 4 members (excludes halogenated alkanes) is 8. The normalized spacial score (nSPS) is 10.3. The van der Waals surface area contributed by atoms with E-state index in [-0.39, 0.29) is 6.61 Å². The van der Waals surface area contributed by atoms with Gasteiger partial charge in [0.2, 0.25) is 0 Å². The third kappa shape index (κ3) is 31.7. The number of aliphatic carboxylic acids is 1. The van der Waals surface area contributed by atoms with Crippen LogP contribution >= 0.6 is 0 Å². The Bertz CT molecular complexity index is 196. The molecule has 0 aromatic heterocycles. The fourth-order valence-electron chi connectivity index (χ4n) is 1.71. The van der Waals surface area contributed by atoms with Crippen LogP contribution in [0.15, 0.2) is 12.2 Å². The second-order valence-corrected chi connectivity index (χ2v) is 4.77. The summed E-state index contributed by atoms with van der Waals surface area (Å²) >= 11 is 0. The fourth-order valence-corrected chi connectivity index (χ4v) is 1.71. The van der Waals surface area contributed by atoms with E-state index in [9.17, 15) is 0 Å². The third-order valence-corrected chi connectivity index (χ3v) is 2.69. The van der Waals surface area contributed by atoms with Crippen LogP contribution in [0.1, 0.15) is 78.1 Å². The third-order valence-electron chi connectivity index (χ3n) is 2.69. The van der Waals surface area contributed by atoms with E-state index < -0.39 is 5.97 Å². The summed E-state index contributed by atoms with van der Waals surface area (Å²) in [6.07, 6.45) is 17.4. The van der Waals surface area contributed by atoms with Crippen molar-refractivity contribution < 1.29 is 15.0 Å². The molecule has 0 bridgehead atoms. The summed E-state index contributed by atoms with van der Waals surface area (Å²) in [4.78, 5) is 9.00. The van der Waals surface area contributed by atoms with E-state index in [1.807, 2.05) is 0 Å². The quantitative estimate of drug-likeness (QED) is 0.428. The van der Waals surface area contributed by atoms with Gasteiger partial charge in [-0.2, -0.15) is 0 Å². The second-order valence-electron chi connectivity index (χ2n) is 4.77. The summed E-state index contributed by atoms with van der Waals surface area (Å²) in [5.41, 5.74) is 0. The van der Waals surface area contributed by atoms with Gasteiger partial charge in [0, 0.05) is 13.5 Å². The predicted molar refractivity (Wildman–Crippen MR) is 81.4 cm³/mol. The van der Waals surface area contributed by atoms with E-state index >= 15 is 0 Å². The van der Waals surface area contributed by atoms with E-state index in [0.29, 0.717) is 0 Å². The van der Waals surface area contributed by atoms with Gasteiger partial charge < -0.3 is 10.2 Å². The van der Waals surface area contributed by atoms with Gasteiger partial charge in [-0.1, -0.05) is 64.0 Å². The molecule has 0 fully saturated rings. The lowest BCUT2D eigenvalue weighted by atomic mass is 10.1. The van der Waals surface area contributed by atoms with Crippen LogP contribution in [0.4, 0.5) is 0 Å². The lowest BCUT2D eigenvalue weighted by Gasteiger charge is -1.99. The highest BCUT2D eigenvalue weighted by Gasteiger charge is 1.90. The molecule has 0 unspecified atom stereocenters. The number of aliphatic hydroxyl groups excluding tert-OH is 1. The summed E-state index contributed by atoms with van der Waals surface area (Å²) in [5.74, 6) is -0.833. The number of carbonyl (C=O) groups is 1. The summed E-state index contributed by atoms with van der Waals surface area (Å²) < 4.78 is 0. The first kappa shape index (κ1) is 20.5. The summed E-state index contributed by atoms with van der Waals surface area (Å²) in [7, 11) is 0. The molecule has 0 heterocycles. The Morgan fingerprint density at radius 2 is 1.32 bits per heavy atom. The van der Waals surface area contributed by atoms with Crippen molar-refractivity contribution in [2.45, 2.75) is 78.1 Å². The molecule has 2 N–H and O–H groups in total. The minimum atomic E-state index is -0.833. The number of hydrogen-bond donors (Lipinski definition) is 2. The van der Waals surface area contributed by atoms with E-state index in [0.717, 1.165) is 13.3 Å². The lowest BCUT2D eigenvalue weighted by molar-refractivity contribution is -0.134. The SMILES string of the molecule is CC(=O)O.CCCCCCCCCCC=CCCO. The topological polar surface area (TPSA) is 57.5 Å². The highest BCUT2D eigenvalue weighted by Crippen LogP contribution is 2.09. The minimum Gasteiger partial charge on any atom is -0.481 e. The second kappa shape index (κ2) is 19.5. The molecule has 0 aliphatic carbocycles. The highest BCUT2D eigenvalue weighted by atomic mass is 16.4. The Morgan fingerprint density at radius 3 is 1.79 bits per heavy atom. The maximum atomic E-state index is 9.00. The number of aliphatic hydroxyl groups is 1. The van der Waals surface area contributed by atoms with Gasteiger partial charge in [0.15, 0.2) is 0 Å². The zero-order valence-corrected chi connectivity index (χ0v) is 12.7. The van der Waals surface area contributed by atoms with E-state index in [2.05, 4.69) is 19.1 Å². The van der Waals surface area contributed by atoms with Crippen molar-refractivity contribution >= 4 is 5.97 Å². The van der Waals surface area contributed by atoms with Gasteiger partial charge in [0.1, 0.15) is 0 Å². The summed E-state index contributed by atoms with van der Waals surface area (Å²) in [6.45, 7) is 3.63. The molecule has 3 heteroatoms. The Hall–Kier alpha value is -0.830. The molecule has 0 amide bonds. The molecule has 0 saturated heterocycles. The standard InChI is InChI=1S/C14H28O.C2H4O2/c1-2-3-4-5-6-7-8-9-10-11-12-13-14-15;1-2(3)4/h11-12,15H,2-10,13-14H2,1H3;1H3,(H,3,4). The molecule has 0 rings (SSSR count). The van der Waals surface area contributed by atoms with Crippen molar-refractivity contribution in [3.8, 4) is 0 Å². The number of rotatable bonds is 11. The highest BCUT2D eigenvalue weighted by molar-refractivity contribution is 5.62. The van der Waals surface area contributed by atoms with E-state index in [4.69, 9.17) is 15.0 Å². The smallest absolute Gasteiger partial charge is 0.300 e. The van der Waals surface area contributed by atoms with Gasteiger partial charge in [0.25, 0.3) is 5.97 Å². The Labute approximate surface area is 118 Å². The maximum Gasteiger partial charge on any atom is 0.300 e. The van der Waals surface area contributed by atoms with Crippen molar-refractivity contribution in [3.05, 3.63) is 12.2 Å². The molecule has 0 aromatic rings. The van der Waals surface area contributed by atoms with Crippen LogP contribution < -0.4 is 0 Å². The van der Waals surface area contributed by atoms with Crippen LogP contribution in [0.25, 0.3) is 0 Å². The van der Waals surface area contributed by atoms with Crippen molar-refractivity contribution in [1.29, 1.82) is 0 Å². The molecular weight excluding hydrogens is 240 g/mol. The lowest BCUT2D eigenvalue weighted by Crippen LogP contribution is -1.80. The maximum absolute atomic E-state index is 9.00. The Kier molecular flexibility index (Phi) is 21.0. The van der Waals surface area contributed by atoms with Crippen LogP contribution in [-0.2, 0) is 4.79 Å². The van der Waals surface area contributed by atoms with E-state index in [1.54, 1.807) is 0 Å². The van der Waals surface area contributed by atoms with Crippen LogP contribution in [0.3, 0.4) is 0 Å². The monoisotopic (exact) mass is 272 g/mol. The van der Waals surface area contributed by atoms with E-state index in [1.165, 1.54) is 57.8 Å². The average Bonchev–Trinajstić information content (AvgIpc) is 2.35. The van der Waals surface area contributed by atoms with Gasteiger partial charge in [-0.25, -0.2) is 0 Å². The van der Waals surface area contributed by atoms with Crippen LogP contribution in [0.5, 0.6) is 0 Å². The molecule has 0 saturated carbocycles. The van der Waals surface area contributed by atoms with Crippen LogP contribution in [-0.4, -0.2) is 22.8 Å². The zero-order valence-electron chi connectivity index (χ0n) is 12.7. The molecule has 0 aliphatic heterocycles. The number of allylic oxidation sites excluding steroid dienone is 1. The number of hydrogen-bond acceptors (Lipinski definition) is 2. The van der Waals surface area contributed by atoms with Gasteiger partial charge in [-0.15, -0.1) is 0 Å². The first-order chi connectivity index (χ1) is 9.15. The van der Waals surface area contributed by atoms with Crippen LogP contribution in [0.2, 0.25) is 0 Å². The Balaban J connectivity index is 0. The van der Waals surface area contributed by atoms with Crippen molar-refractivity contribution in [2.24, 2.45) is 0 Å². The summed E-state index contributed by atoms with van der Waals surface area (Å²) in [5, 5.41) is 16.0. The zero-order chi connectivity index (χ0) is 14.8. The number of carboxylic acid groups (broad SMARTS) is 1. The molecule has 0 aliphatic rings. The Morgan fingerprint density at radius 1 is 0.895 bits per heavy atom. The largest absolute Gasteiger partial charge is 0.481 e. The molecule has 0 radical (unpaired) electrons. The summed E-state index contributed by atoms with van der Waals surface area (Å²) in [6, 6.07) is 0. The van der Waals surface area contributed by atoms with Gasteiger partial charge in [0.05, 0.1) is 0 Å². The molecule has 0 atom stereocenters. The van der Waals surface area contributed by atoms with Crippen molar-refractivity contribution in [1.82, 2.24) is 0 Å². The molecule has 0 aromatic carbocycles. The molecular formula is C16H32O3. The first-order valence-electron chi connectivity index (χ1n) is 7.60. The molecule has 114 valence electrons. The van der Waals surface area contributed by atoms with Gasteiger partial charge >= 0.3 is 0 Å². The average molecular weight is 272 g/mol. The molecule has 3 nitrogen and oxygen atoms in total. The van der Waals surface area contributed by atoms with Gasteiger partial charge in [-0.3, -0.25) is 4.79 Å². The molecule has 19 heavy (non-hydrogen) atoms.